The summed E-state index contributed by atoms with van der Waals surface area (Å²) in [6.45, 7) is 0. The van der Waals surface area contributed by atoms with Gasteiger partial charge in [0.2, 0.25) is 5.91 Å². The Bertz CT molecular complexity index is 614. The minimum Gasteiger partial charge on any atom is -0.479 e. The number of nitrogens with one attached hydrogen (secondary N) is 1. The quantitative estimate of drug-likeness (QED) is 0.778. The number of carbonyl (C=O) groups is 2. The largest absolute Gasteiger partial charge is 0.479 e. The first-order valence-electron chi connectivity index (χ1n) is 6.48. The van der Waals surface area contributed by atoms with Crippen LogP contribution in [-0.2, 0) is 9.59 Å². The molecule has 21 heavy (non-hydrogen) atoms. The lowest BCUT2D eigenvalue weighted by Crippen LogP contribution is -2.39. The van der Waals surface area contributed by atoms with Gasteiger partial charge in [-0.05, 0) is 11.1 Å². The number of hydrogen-bond donors (Lipinski definition) is 3. The molecular weight excluding hydrogens is 268 g/mol. The summed E-state index contributed by atoms with van der Waals surface area (Å²) < 4.78 is 0. The topological polar surface area (TPSA) is 92.4 Å². The fourth-order valence-corrected chi connectivity index (χ4v) is 1.98. The molecule has 108 valence electrons. The molecule has 0 bridgehead atoms. The summed E-state index contributed by atoms with van der Waals surface area (Å²) in [4.78, 5) is 23.5. The molecule has 0 fully saturated rings. The Hall–Kier alpha value is -2.66. The van der Waals surface area contributed by atoms with Crippen molar-refractivity contribution in [1.82, 2.24) is 5.32 Å². The molecular formula is C16H16N2O3. The van der Waals surface area contributed by atoms with E-state index in [4.69, 9.17) is 5.73 Å². The summed E-state index contributed by atoms with van der Waals surface area (Å²) in [6, 6.07) is 15.3. The van der Waals surface area contributed by atoms with Crippen molar-refractivity contribution in [3.8, 4) is 0 Å². The predicted molar refractivity (Wildman–Crippen MR) is 78.3 cm³/mol. The monoisotopic (exact) mass is 284 g/mol. The molecule has 0 saturated carbocycles. The highest BCUT2D eigenvalue weighted by atomic mass is 16.4. The van der Waals surface area contributed by atoms with Gasteiger partial charge in [-0.2, -0.15) is 0 Å². The molecule has 0 heterocycles. The molecule has 2 atom stereocenters. The number of hydrogen-bond acceptors (Lipinski definition) is 3. The summed E-state index contributed by atoms with van der Waals surface area (Å²) in [5, 5.41) is 11.7. The van der Waals surface area contributed by atoms with Gasteiger partial charge >= 0.3 is 5.97 Å². The second-order valence-corrected chi connectivity index (χ2v) is 4.58. The van der Waals surface area contributed by atoms with E-state index in [2.05, 4.69) is 5.32 Å². The zero-order valence-electron chi connectivity index (χ0n) is 11.3. The van der Waals surface area contributed by atoms with E-state index in [0.717, 1.165) is 0 Å². The smallest absolute Gasteiger partial charge is 0.330 e. The highest BCUT2D eigenvalue weighted by Crippen LogP contribution is 2.15. The summed E-state index contributed by atoms with van der Waals surface area (Å²) in [5.41, 5.74) is 6.99. The Morgan fingerprint density at radius 3 is 1.86 bits per heavy atom. The maximum Gasteiger partial charge on any atom is 0.330 e. The van der Waals surface area contributed by atoms with Crippen LogP contribution in [0.5, 0.6) is 0 Å². The SMILES string of the molecule is N[C@@H](C(=O)N[C@H](C(=O)O)c1ccccc1)c1ccccc1. The minimum absolute atomic E-state index is 0.499. The van der Waals surface area contributed by atoms with Crippen LogP contribution in [0.3, 0.4) is 0 Å². The van der Waals surface area contributed by atoms with Gasteiger partial charge in [-0.15, -0.1) is 0 Å². The summed E-state index contributed by atoms with van der Waals surface area (Å²) in [5.74, 6) is -1.66. The van der Waals surface area contributed by atoms with Gasteiger partial charge in [-0.3, -0.25) is 4.79 Å². The summed E-state index contributed by atoms with van der Waals surface area (Å²) in [7, 11) is 0. The number of amides is 1. The van der Waals surface area contributed by atoms with E-state index in [-0.39, 0.29) is 0 Å². The standard InChI is InChI=1S/C16H16N2O3/c17-13(11-7-3-1-4-8-11)15(19)18-14(16(20)21)12-9-5-2-6-10-12/h1-10,13-14H,17H2,(H,18,19)(H,20,21)/t13-,14+/m1/s1. The van der Waals surface area contributed by atoms with Gasteiger partial charge < -0.3 is 16.2 Å². The first-order chi connectivity index (χ1) is 10.1. The molecule has 0 aliphatic carbocycles. The van der Waals surface area contributed by atoms with Gasteiger partial charge in [0.1, 0.15) is 6.04 Å². The van der Waals surface area contributed by atoms with Gasteiger partial charge in [-0.25, -0.2) is 4.79 Å². The van der Waals surface area contributed by atoms with E-state index in [1.807, 2.05) is 6.07 Å². The zero-order valence-corrected chi connectivity index (χ0v) is 11.3. The van der Waals surface area contributed by atoms with E-state index in [1.54, 1.807) is 54.6 Å². The van der Waals surface area contributed by atoms with Gasteiger partial charge in [0.05, 0.1) is 0 Å². The number of carboxylic acids is 1. The van der Waals surface area contributed by atoms with E-state index in [9.17, 15) is 14.7 Å². The molecule has 5 heteroatoms. The third-order valence-electron chi connectivity index (χ3n) is 3.11. The Morgan fingerprint density at radius 1 is 0.905 bits per heavy atom. The van der Waals surface area contributed by atoms with Gasteiger partial charge in [0.15, 0.2) is 6.04 Å². The van der Waals surface area contributed by atoms with Crippen molar-refractivity contribution in [1.29, 1.82) is 0 Å². The van der Waals surface area contributed by atoms with E-state index in [0.29, 0.717) is 11.1 Å². The molecule has 0 spiro atoms. The third kappa shape index (κ3) is 3.67. The van der Waals surface area contributed by atoms with Gasteiger partial charge in [0, 0.05) is 0 Å². The summed E-state index contributed by atoms with van der Waals surface area (Å²) >= 11 is 0. The molecule has 4 N–H and O–H groups in total. The molecule has 2 aromatic carbocycles. The molecule has 0 unspecified atom stereocenters. The average molecular weight is 284 g/mol. The first kappa shape index (κ1) is 14.7. The zero-order chi connectivity index (χ0) is 15.2. The Morgan fingerprint density at radius 2 is 1.38 bits per heavy atom. The van der Waals surface area contributed by atoms with Crippen LogP contribution in [-0.4, -0.2) is 17.0 Å². The number of aliphatic carboxylic acids is 1. The molecule has 0 saturated heterocycles. The van der Waals surface area contributed by atoms with Crippen molar-refractivity contribution >= 4 is 11.9 Å². The number of nitrogens with two attached hydrogens (primary N) is 1. The molecule has 0 aliphatic rings. The molecule has 2 aromatic rings. The second-order valence-electron chi connectivity index (χ2n) is 4.58. The fraction of sp³-hybridized carbons (Fsp3) is 0.125. The van der Waals surface area contributed by atoms with Crippen molar-refractivity contribution < 1.29 is 14.7 Å². The Kier molecular flexibility index (Phi) is 4.68. The maximum absolute atomic E-state index is 12.1. The Labute approximate surface area is 122 Å². The molecule has 0 aromatic heterocycles. The van der Waals surface area contributed by atoms with Crippen LogP contribution >= 0.6 is 0 Å². The number of rotatable bonds is 5. The normalized spacial score (nSPS) is 13.2. The van der Waals surface area contributed by atoms with Crippen LogP contribution in [0.2, 0.25) is 0 Å². The first-order valence-corrected chi connectivity index (χ1v) is 6.48. The lowest BCUT2D eigenvalue weighted by molar-refractivity contribution is -0.142. The second kappa shape index (κ2) is 6.67. The van der Waals surface area contributed by atoms with E-state index >= 15 is 0 Å². The lowest BCUT2D eigenvalue weighted by Gasteiger charge is -2.18. The van der Waals surface area contributed by atoms with Crippen LogP contribution in [0.1, 0.15) is 23.2 Å². The highest BCUT2D eigenvalue weighted by molar-refractivity contribution is 5.88. The van der Waals surface area contributed by atoms with Crippen molar-refractivity contribution in [3.05, 3.63) is 71.8 Å². The highest BCUT2D eigenvalue weighted by Gasteiger charge is 2.25. The predicted octanol–water partition coefficient (Wildman–Crippen LogP) is 1.63. The van der Waals surface area contributed by atoms with Crippen molar-refractivity contribution in [2.75, 3.05) is 0 Å². The molecule has 1 amide bonds. The molecule has 2 rings (SSSR count). The molecule has 5 nitrogen and oxygen atoms in total. The molecule has 0 radical (unpaired) electrons. The van der Waals surface area contributed by atoms with Crippen molar-refractivity contribution in [2.24, 2.45) is 5.73 Å². The Balaban J connectivity index is 2.14. The minimum atomic E-state index is -1.13. The van der Waals surface area contributed by atoms with Gasteiger partial charge in [0.25, 0.3) is 0 Å². The number of benzene rings is 2. The van der Waals surface area contributed by atoms with Crippen LogP contribution < -0.4 is 11.1 Å². The van der Waals surface area contributed by atoms with Crippen molar-refractivity contribution in [3.63, 3.8) is 0 Å². The maximum atomic E-state index is 12.1. The van der Waals surface area contributed by atoms with Crippen LogP contribution in [0.4, 0.5) is 0 Å². The van der Waals surface area contributed by atoms with Crippen LogP contribution in [0, 0.1) is 0 Å². The van der Waals surface area contributed by atoms with Crippen LogP contribution in [0.15, 0.2) is 60.7 Å². The van der Waals surface area contributed by atoms with Crippen molar-refractivity contribution in [2.45, 2.75) is 12.1 Å². The lowest BCUT2D eigenvalue weighted by atomic mass is 10.0. The fourth-order valence-electron chi connectivity index (χ4n) is 1.98. The molecule has 0 aliphatic heterocycles. The van der Waals surface area contributed by atoms with Crippen LogP contribution in [0.25, 0.3) is 0 Å². The third-order valence-corrected chi connectivity index (χ3v) is 3.11. The van der Waals surface area contributed by atoms with E-state index in [1.165, 1.54) is 0 Å². The summed E-state index contributed by atoms with van der Waals surface area (Å²) in [6.07, 6.45) is 0. The average Bonchev–Trinajstić information content (AvgIpc) is 2.53. The van der Waals surface area contributed by atoms with E-state index < -0.39 is 24.0 Å². The number of carboxylic acid groups (broad SMARTS) is 1. The van der Waals surface area contributed by atoms with Gasteiger partial charge in [-0.1, -0.05) is 60.7 Å². The number of carbonyl (C=O) groups excluding carboxylic acids is 1.